The molecule has 0 radical (unpaired) electrons. The molecule has 4 N–H and O–H groups in total. The molecule has 4 aliphatic carbocycles. The number of allylic oxidation sites excluding steroid dienone is 4. The average molecular weight is 577 g/mol. The van der Waals surface area contributed by atoms with Gasteiger partial charge in [0.15, 0.2) is 40.4 Å². The zero-order valence-corrected chi connectivity index (χ0v) is 24.4. The fraction of sp³-hybridized carbons (Fsp3) is 0.500. The van der Waals surface area contributed by atoms with Crippen molar-refractivity contribution in [1.29, 1.82) is 0 Å². The first-order chi connectivity index (χ1) is 19.5. The Bertz CT molecular complexity index is 1530. The first kappa shape index (κ1) is 29.7. The van der Waals surface area contributed by atoms with E-state index in [1.54, 1.807) is 20.2 Å². The average Bonchev–Trinajstić information content (AvgIpc) is 3.35. The molecule has 1 amide bonds. The lowest BCUT2D eigenvalue weighted by Gasteiger charge is -2.52. The maximum Gasteiger partial charge on any atom is 0.235 e. The van der Waals surface area contributed by atoms with Crippen molar-refractivity contribution in [2.75, 3.05) is 14.1 Å². The van der Waals surface area contributed by atoms with Crippen LogP contribution in [0.5, 0.6) is 5.75 Å². The number of benzene rings is 1. The van der Waals surface area contributed by atoms with E-state index < -0.39 is 64.4 Å². The van der Waals surface area contributed by atoms with E-state index >= 15 is 0 Å². The van der Waals surface area contributed by atoms with Crippen LogP contribution in [0.15, 0.2) is 29.9 Å². The summed E-state index contributed by atoms with van der Waals surface area (Å²) in [5, 5.41) is 22.6. The van der Waals surface area contributed by atoms with Crippen molar-refractivity contribution in [2.24, 2.45) is 34.8 Å². The molecule has 1 aromatic rings. The van der Waals surface area contributed by atoms with Gasteiger partial charge in [-0.25, -0.2) is 0 Å². The highest BCUT2D eigenvalue weighted by Crippen LogP contribution is 2.52. The van der Waals surface area contributed by atoms with E-state index in [9.17, 15) is 39.0 Å². The summed E-state index contributed by atoms with van der Waals surface area (Å²) in [6, 6.07) is 1.83. The summed E-state index contributed by atoms with van der Waals surface area (Å²) >= 11 is 0. The molecule has 0 aromatic heterocycles. The number of carbonyl (C=O) groups is 6. The maximum atomic E-state index is 14.0. The Labute approximate surface area is 243 Å². The zero-order chi connectivity index (χ0) is 31.0. The van der Waals surface area contributed by atoms with E-state index in [0.717, 1.165) is 0 Å². The number of amides is 1. The Hall–Kier alpha value is -3.76. The minimum absolute atomic E-state index is 0.0380. The van der Waals surface area contributed by atoms with Crippen molar-refractivity contribution in [3.8, 4) is 5.75 Å². The predicted octanol–water partition coefficient (Wildman–Crippen LogP) is 1.59. The Balaban J connectivity index is 1.60. The third-order valence-corrected chi connectivity index (χ3v) is 9.16. The van der Waals surface area contributed by atoms with E-state index in [1.807, 2.05) is 32.9 Å². The Morgan fingerprint density at radius 3 is 2.33 bits per heavy atom. The second kappa shape index (κ2) is 9.91. The molecular weight excluding hydrogens is 540 g/mol. The van der Waals surface area contributed by atoms with Gasteiger partial charge in [-0.1, -0.05) is 39.0 Å². The molecule has 6 atom stereocenters. The SMILES string of the molecule is CN(C)C1C(=O)C(C(N)=O)C(=O)C2(O)C(=O)C3C(=O)c4c(O)ccc(C5=CCC=C5C(=O)CC(C)(C)C)c4CC3CC12. The molecular formula is C32H36N2O8. The highest BCUT2D eigenvalue weighted by atomic mass is 16.3. The number of phenolic OH excluding ortho intramolecular Hbond substituents is 1. The Morgan fingerprint density at radius 2 is 1.74 bits per heavy atom. The lowest BCUT2D eigenvalue weighted by atomic mass is 9.52. The van der Waals surface area contributed by atoms with E-state index in [4.69, 9.17) is 5.73 Å². The van der Waals surface area contributed by atoms with Crippen molar-refractivity contribution >= 4 is 40.4 Å². The number of aliphatic hydroxyl groups is 1. The van der Waals surface area contributed by atoms with Crippen LogP contribution in [0.25, 0.3) is 5.57 Å². The van der Waals surface area contributed by atoms with Gasteiger partial charge in [0.05, 0.1) is 17.5 Å². The zero-order valence-electron chi connectivity index (χ0n) is 24.4. The number of likely N-dealkylation sites (N-methyl/N-ethyl adjacent to an activating group) is 1. The van der Waals surface area contributed by atoms with Gasteiger partial charge in [-0.15, -0.1) is 0 Å². The Morgan fingerprint density at radius 1 is 1.07 bits per heavy atom. The summed E-state index contributed by atoms with van der Waals surface area (Å²) in [5.74, 6) is -11.0. The number of nitrogens with zero attached hydrogens (tertiary/aromatic N) is 1. The minimum Gasteiger partial charge on any atom is -0.507 e. The van der Waals surface area contributed by atoms with Crippen molar-refractivity contribution in [1.82, 2.24) is 4.90 Å². The molecule has 0 heterocycles. The van der Waals surface area contributed by atoms with Gasteiger partial charge in [0.1, 0.15) is 5.75 Å². The molecule has 42 heavy (non-hydrogen) atoms. The number of hydrogen-bond donors (Lipinski definition) is 3. The second-order valence-corrected chi connectivity index (χ2v) is 13.4. The normalized spacial score (nSPS) is 30.9. The molecule has 4 aliphatic rings. The van der Waals surface area contributed by atoms with Crippen molar-refractivity contribution in [3.05, 3.63) is 46.5 Å². The summed E-state index contributed by atoms with van der Waals surface area (Å²) in [6.45, 7) is 5.92. The summed E-state index contributed by atoms with van der Waals surface area (Å²) in [6.07, 6.45) is 4.68. The smallest absolute Gasteiger partial charge is 0.235 e. The number of rotatable bonds is 5. The van der Waals surface area contributed by atoms with Crippen molar-refractivity contribution < 1.29 is 39.0 Å². The van der Waals surface area contributed by atoms with Gasteiger partial charge < -0.3 is 15.9 Å². The third-order valence-electron chi connectivity index (χ3n) is 9.16. The molecule has 2 fully saturated rings. The second-order valence-electron chi connectivity index (χ2n) is 13.4. The number of carbonyl (C=O) groups excluding carboxylic acids is 6. The number of hydrogen-bond acceptors (Lipinski definition) is 9. The van der Waals surface area contributed by atoms with Crippen LogP contribution in [-0.2, 0) is 30.4 Å². The number of primary amides is 1. The number of aromatic hydroxyl groups is 1. The summed E-state index contributed by atoms with van der Waals surface area (Å²) in [4.78, 5) is 81.5. The number of Topliss-reactive ketones (excluding diaryl/α,β-unsaturated/α-hetero) is 5. The third kappa shape index (κ3) is 4.31. The maximum absolute atomic E-state index is 14.0. The molecule has 0 saturated heterocycles. The topological polar surface area (TPSA) is 172 Å². The van der Waals surface area contributed by atoms with Crippen LogP contribution in [0.3, 0.4) is 0 Å². The van der Waals surface area contributed by atoms with Crippen LogP contribution in [0.2, 0.25) is 0 Å². The van der Waals surface area contributed by atoms with Crippen molar-refractivity contribution in [3.63, 3.8) is 0 Å². The van der Waals surface area contributed by atoms with E-state index in [2.05, 4.69) is 0 Å². The molecule has 5 rings (SSSR count). The van der Waals surface area contributed by atoms with Gasteiger partial charge in [0, 0.05) is 17.9 Å². The summed E-state index contributed by atoms with van der Waals surface area (Å²) in [7, 11) is 3.08. The highest BCUT2D eigenvalue weighted by Gasteiger charge is 2.69. The van der Waals surface area contributed by atoms with Crippen molar-refractivity contribution in [2.45, 2.75) is 58.1 Å². The minimum atomic E-state index is -2.77. The van der Waals surface area contributed by atoms with Gasteiger partial charge in [0.2, 0.25) is 5.91 Å². The van der Waals surface area contributed by atoms with E-state index in [0.29, 0.717) is 35.1 Å². The standard InChI is InChI=1S/C32H36N2O8/c1-31(2,3)13-21(36)17-8-6-7-15(17)16-9-10-20(35)23-18(16)11-14-12-19-25(34(4)5)27(38)24(30(33)41)29(40)32(19,42)28(39)22(14)26(23)37/h7-10,14,19,22,24-25,35,42H,6,11-13H2,1-5H3,(H2,33,41). The predicted molar refractivity (Wildman–Crippen MR) is 151 cm³/mol. The van der Waals surface area contributed by atoms with Gasteiger partial charge in [-0.3, -0.25) is 33.7 Å². The number of fused-ring (bicyclic) bond motifs is 3. The molecule has 0 aliphatic heterocycles. The molecule has 2 saturated carbocycles. The molecule has 10 heteroatoms. The number of nitrogens with two attached hydrogens (primary N) is 1. The van der Waals surface area contributed by atoms with Crippen LogP contribution in [0, 0.1) is 29.1 Å². The Kier molecular flexibility index (Phi) is 7.02. The highest BCUT2D eigenvalue weighted by molar-refractivity contribution is 6.32. The quantitative estimate of drug-likeness (QED) is 0.440. The first-order valence-corrected chi connectivity index (χ1v) is 14.1. The fourth-order valence-electron chi connectivity index (χ4n) is 7.47. The van der Waals surface area contributed by atoms with Crippen LogP contribution in [0.4, 0.5) is 0 Å². The summed E-state index contributed by atoms with van der Waals surface area (Å²) < 4.78 is 0. The lowest BCUT2D eigenvalue weighted by molar-refractivity contribution is -0.181. The largest absolute Gasteiger partial charge is 0.507 e. The van der Waals surface area contributed by atoms with Crippen LogP contribution in [0.1, 0.15) is 61.5 Å². The fourth-order valence-corrected chi connectivity index (χ4v) is 7.47. The van der Waals surface area contributed by atoms with Crippen LogP contribution >= 0.6 is 0 Å². The lowest BCUT2D eigenvalue weighted by Crippen LogP contribution is -2.74. The van der Waals surface area contributed by atoms with E-state index in [-0.39, 0.29) is 35.4 Å². The molecule has 10 nitrogen and oxygen atoms in total. The molecule has 0 spiro atoms. The van der Waals surface area contributed by atoms with E-state index in [1.165, 1.54) is 11.0 Å². The van der Waals surface area contributed by atoms with Gasteiger partial charge in [-0.05, 0) is 67.5 Å². The molecule has 1 aromatic carbocycles. The van der Waals surface area contributed by atoms with Gasteiger partial charge >= 0.3 is 0 Å². The molecule has 0 bridgehead atoms. The van der Waals surface area contributed by atoms with Gasteiger partial charge in [-0.2, -0.15) is 0 Å². The van der Waals surface area contributed by atoms with Crippen LogP contribution in [-0.4, -0.2) is 75.7 Å². The number of ketones is 5. The monoisotopic (exact) mass is 576 g/mol. The number of phenols is 1. The first-order valence-electron chi connectivity index (χ1n) is 14.1. The molecule has 222 valence electrons. The summed E-state index contributed by atoms with van der Waals surface area (Å²) in [5.41, 5.74) is 4.54. The van der Waals surface area contributed by atoms with Gasteiger partial charge in [0.25, 0.3) is 0 Å². The molecule has 6 unspecified atom stereocenters. The van der Waals surface area contributed by atoms with Crippen LogP contribution < -0.4 is 5.73 Å².